The Labute approximate surface area is 92.6 Å². The molecule has 74 valence electrons. The summed E-state index contributed by atoms with van der Waals surface area (Å²) >= 11 is 3.54. The second-order valence-electron chi connectivity index (χ2n) is 3.54. The van der Waals surface area contributed by atoms with Crippen molar-refractivity contribution in [3.8, 4) is 0 Å². The van der Waals surface area contributed by atoms with Gasteiger partial charge in [0.1, 0.15) is 5.84 Å². The molecule has 0 saturated heterocycles. The first kappa shape index (κ1) is 9.71. The molecule has 1 heterocycles. The van der Waals surface area contributed by atoms with Crippen LogP contribution in [0, 0.1) is 6.92 Å². The molecule has 0 aliphatic carbocycles. The van der Waals surface area contributed by atoms with E-state index in [0.29, 0.717) is 0 Å². The molecule has 0 radical (unpaired) electrons. The third kappa shape index (κ3) is 2.15. The molecule has 0 aromatic heterocycles. The van der Waals surface area contributed by atoms with Gasteiger partial charge in [0, 0.05) is 17.4 Å². The lowest BCUT2D eigenvalue weighted by Crippen LogP contribution is -2.08. The molecule has 0 spiro atoms. The van der Waals surface area contributed by atoms with Crippen LogP contribution >= 0.6 is 15.9 Å². The molecule has 0 bridgehead atoms. The van der Waals surface area contributed by atoms with E-state index in [1.165, 1.54) is 12.0 Å². The van der Waals surface area contributed by atoms with E-state index in [-0.39, 0.29) is 0 Å². The first-order valence-corrected chi connectivity index (χ1v) is 5.61. The van der Waals surface area contributed by atoms with Crippen LogP contribution in [-0.4, -0.2) is 12.4 Å². The lowest BCUT2D eigenvalue weighted by molar-refractivity contribution is 0.951. The Morgan fingerprint density at radius 2 is 2.29 bits per heavy atom. The van der Waals surface area contributed by atoms with E-state index in [1.807, 2.05) is 0 Å². The Morgan fingerprint density at radius 3 is 2.93 bits per heavy atom. The van der Waals surface area contributed by atoms with Crippen molar-refractivity contribution < 1.29 is 0 Å². The molecule has 1 aliphatic rings. The summed E-state index contributed by atoms with van der Waals surface area (Å²) in [4.78, 5) is 4.38. The molecule has 1 aliphatic heterocycles. The summed E-state index contributed by atoms with van der Waals surface area (Å²) in [6.45, 7) is 3.05. The number of benzene rings is 1. The van der Waals surface area contributed by atoms with Gasteiger partial charge in [-0.3, -0.25) is 4.99 Å². The molecule has 3 heteroatoms. The van der Waals surface area contributed by atoms with Crippen LogP contribution in [0.15, 0.2) is 27.7 Å². The van der Waals surface area contributed by atoms with Gasteiger partial charge in [0.05, 0.1) is 5.69 Å². The lowest BCUT2D eigenvalue weighted by atomic mass is 10.2. The predicted molar refractivity (Wildman–Crippen MR) is 64.0 cm³/mol. The maximum atomic E-state index is 4.38. The Morgan fingerprint density at radius 1 is 1.43 bits per heavy atom. The fourth-order valence-corrected chi connectivity index (χ4v) is 2.11. The summed E-state index contributed by atoms with van der Waals surface area (Å²) in [6.07, 6.45) is 2.24. The van der Waals surface area contributed by atoms with Gasteiger partial charge < -0.3 is 5.32 Å². The van der Waals surface area contributed by atoms with Gasteiger partial charge in [-0.2, -0.15) is 0 Å². The molecule has 1 aromatic carbocycles. The van der Waals surface area contributed by atoms with Crippen LogP contribution in [0.25, 0.3) is 0 Å². The third-order valence-corrected chi connectivity index (χ3v) is 2.93. The van der Waals surface area contributed by atoms with Gasteiger partial charge in [-0.1, -0.05) is 6.07 Å². The molecular formula is C11H13BrN2. The minimum Gasteiger partial charge on any atom is -0.343 e. The Bertz CT molecular complexity index is 372. The minimum atomic E-state index is 0.964. The molecule has 1 N–H and O–H groups in total. The van der Waals surface area contributed by atoms with Gasteiger partial charge in [0.25, 0.3) is 0 Å². The summed E-state index contributed by atoms with van der Waals surface area (Å²) in [6, 6.07) is 6.29. The number of amidine groups is 1. The van der Waals surface area contributed by atoms with Crippen molar-refractivity contribution in [1.82, 2.24) is 0 Å². The monoisotopic (exact) mass is 252 g/mol. The molecule has 0 fully saturated rings. The van der Waals surface area contributed by atoms with Crippen molar-refractivity contribution in [1.29, 1.82) is 0 Å². The molecule has 1 aromatic rings. The van der Waals surface area contributed by atoms with Crippen LogP contribution in [0.5, 0.6) is 0 Å². The first-order chi connectivity index (χ1) is 6.75. The first-order valence-electron chi connectivity index (χ1n) is 4.82. The van der Waals surface area contributed by atoms with Crippen molar-refractivity contribution in [2.45, 2.75) is 19.8 Å². The largest absolute Gasteiger partial charge is 0.343 e. The molecule has 2 rings (SSSR count). The number of aryl methyl sites for hydroxylation is 1. The number of hydrogen-bond donors (Lipinski definition) is 1. The highest BCUT2D eigenvalue weighted by Gasteiger charge is 2.07. The molecule has 2 nitrogen and oxygen atoms in total. The number of halogens is 1. The van der Waals surface area contributed by atoms with E-state index < -0.39 is 0 Å². The van der Waals surface area contributed by atoms with Crippen molar-refractivity contribution in [2.24, 2.45) is 4.99 Å². The fraction of sp³-hybridized carbons (Fsp3) is 0.364. The highest BCUT2D eigenvalue weighted by atomic mass is 79.9. The number of anilines is 1. The predicted octanol–water partition coefficient (Wildman–Crippen LogP) is 3.36. The SMILES string of the molecule is Cc1ccc(NC2=NCCC2)c(Br)c1. The topological polar surface area (TPSA) is 24.4 Å². The third-order valence-electron chi connectivity index (χ3n) is 2.28. The maximum absolute atomic E-state index is 4.38. The van der Waals surface area contributed by atoms with Crippen LogP contribution < -0.4 is 5.32 Å². The Hall–Kier alpha value is -0.830. The highest BCUT2D eigenvalue weighted by molar-refractivity contribution is 9.10. The number of nitrogens with one attached hydrogen (secondary N) is 1. The van der Waals surface area contributed by atoms with Gasteiger partial charge in [0.2, 0.25) is 0 Å². The van der Waals surface area contributed by atoms with Crippen LogP contribution in [0.1, 0.15) is 18.4 Å². The number of aliphatic imine (C=N–C) groups is 1. The van der Waals surface area contributed by atoms with Crippen molar-refractivity contribution >= 4 is 27.5 Å². The molecule has 0 amide bonds. The van der Waals surface area contributed by atoms with E-state index in [4.69, 9.17) is 0 Å². The van der Waals surface area contributed by atoms with Crippen molar-refractivity contribution in [3.63, 3.8) is 0 Å². The van der Waals surface area contributed by atoms with E-state index >= 15 is 0 Å². The van der Waals surface area contributed by atoms with Crippen LogP contribution in [0.4, 0.5) is 5.69 Å². The number of hydrogen-bond acceptors (Lipinski definition) is 2. The maximum Gasteiger partial charge on any atom is 0.101 e. The second-order valence-corrected chi connectivity index (χ2v) is 4.39. The normalized spacial score (nSPS) is 15.4. The van der Waals surface area contributed by atoms with Gasteiger partial charge in [-0.15, -0.1) is 0 Å². The summed E-state index contributed by atoms with van der Waals surface area (Å²) in [7, 11) is 0. The average molecular weight is 253 g/mol. The molecular weight excluding hydrogens is 240 g/mol. The van der Waals surface area contributed by atoms with E-state index in [2.05, 4.69) is 51.4 Å². The van der Waals surface area contributed by atoms with Gasteiger partial charge in [0.15, 0.2) is 0 Å². The Kier molecular flexibility index (Phi) is 2.87. The summed E-state index contributed by atoms with van der Waals surface area (Å²) in [5, 5.41) is 3.34. The lowest BCUT2D eigenvalue weighted by Gasteiger charge is -2.08. The van der Waals surface area contributed by atoms with Crippen LogP contribution in [0.2, 0.25) is 0 Å². The standard InChI is InChI=1S/C11H13BrN2/c1-8-4-5-10(9(12)7-8)14-11-3-2-6-13-11/h4-5,7H,2-3,6H2,1H3,(H,13,14). The highest BCUT2D eigenvalue weighted by Crippen LogP contribution is 2.24. The van der Waals surface area contributed by atoms with E-state index in [1.54, 1.807) is 0 Å². The van der Waals surface area contributed by atoms with Crippen LogP contribution in [0.3, 0.4) is 0 Å². The molecule has 0 atom stereocenters. The van der Waals surface area contributed by atoms with Crippen molar-refractivity contribution in [3.05, 3.63) is 28.2 Å². The van der Waals surface area contributed by atoms with Crippen molar-refractivity contribution in [2.75, 3.05) is 11.9 Å². The zero-order valence-electron chi connectivity index (χ0n) is 8.18. The Balaban J connectivity index is 2.16. The smallest absolute Gasteiger partial charge is 0.101 e. The number of nitrogens with zero attached hydrogens (tertiary/aromatic N) is 1. The molecule has 0 unspecified atom stereocenters. The minimum absolute atomic E-state index is 0.964. The molecule has 14 heavy (non-hydrogen) atoms. The summed E-state index contributed by atoms with van der Waals surface area (Å²) in [5.41, 5.74) is 2.37. The summed E-state index contributed by atoms with van der Waals surface area (Å²) < 4.78 is 1.10. The van der Waals surface area contributed by atoms with Gasteiger partial charge in [-0.25, -0.2) is 0 Å². The van der Waals surface area contributed by atoms with Gasteiger partial charge in [-0.05, 0) is 47.0 Å². The van der Waals surface area contributed by atoms with Crippen LogP contribution in [-0.2, 0) is 0 Å². The quantitative estimate of drug-likeness (QED) is 0.815. The zero-order valence-corrected chi connectivity index (χ0v) is 9.76. The second kappa shape index (κ2) is 4.13. The number of rotatable bonds is 1. The van der Waals surface area contributed by atoms with E-state index in [0.717, 1.165) is 29.0 Å². The average Bonchev–Trinajstić information content (AvgIpc) is 2.62. The zero-order chi connectivity index (χ0) is 9.97. The van der Waals surface area contributed by atoms with E-state index in [9.17, 15) is 0 Å². The fourth-order valence-electron chi connectivity index (χ4n) is 1.52. The van der Waals surface area contributed by atoms with Gasteiger partial charge >= 0.3 is 0 Å². The summed E-state index contributed by atoms with van der Waals surface area (Å²) in [5.74, 6) is 1.11. The molecule has 0 saturated carbocycles.